The van der Waals surface area contributed by atoms with Crippen LogP contribution in [0, 0.1) is 11.6 Å². The van der Waals surface area contributed by atoms with Crippen LogP contribution in [0.5, 0.6) is 5.75 Å². The van der Waals surface area contributed by atoms with Gasteiger partial charge in [-0.3, -0.25) is 0 Å². The lowest BCUT2D eigenvalue weighted by atomic mass is 10.0. The van der Waals surface area contributed by atoms with Crippen LogP contribution in [-0.2, 0) is 15.9 Å². The molecule has 0 radical (unpaired) electrons. The van der Waals surface area contributed by atoms with Gasteiger partial charge in [0.05, 0.1) is 13.3 Å². The van der Waals surface area contributed by atoms with Gasteiger partial charge in [-0.15, -0.1) is 0 Å². The van der Waals surface area contributed by atoms with Crippen molar-refractivity contribution in [1.29, 1.82) is 0 Å². The number of anilines is 2. The summed E-state index contributed by atoms with van der Waals surface area (Å²) in [6.07, 6.45) is 4.13. The van der Waals surface area contributed by atoms with Gasteiger partial charge in [-0.1, -0.05) is 10.1 Å². The first-order chi connectivity index (χ1) is 15.7. The third-order valence-electron chi connectivity index (χ3n) is 4.51. The molecule has 0 aliphatic carbocycles. The van der Waals surface area contributed by atoms with Crippen molar-refractivity contribution in [3.05, 3.63) is 66.0 Å². The zero-order valence-electron chi connectivity index (χ0n) is 18.3. The number of thiol groups is 1. The van der Waals surface area contributed by atoms with E-state index in [-0.39, 0.29) is 17.1 Å². The summed E-state index contributed by atoms with van der Waals surface area (Å²) < 4.78 is 47.6. The minimum atomic E-state index is -2.87. The number of methoxy groups -OCH3 is 1. The Morgan fingerprint density at radius 2 is 1.91 bits per heavy atom. The van der Waals surface area contributed by atoms with E-state index in [4.69, 9.17) is 4.74 Å². The third kappa shape index (κ3) is 6.53. The lowest BCUT2D eigenvalue weighted by Crippen LogP contribution is -2.23. The second-order valence-corrected chi connectivity index (χ2v) is 9.94. The molecule has 0 saturated heterocycles. The minimum absolute atomic E-state index is 0.176. The van der Waals surface area contributed by atoms with E-state index in [0.29, 0.717) is 29.3 Å². The number of aromatic nitrogens is 2. The van der Waals surface area contributed by atoms with Gasteiger partial charge in [0.2, 0.25) is 0 Å². The Kier molecular flexibility index (Phi) is 7.67. The van der Waals surface area contributed by atoms with E-state index < -0.39 is 27.8 Å². The molecule has 0 aliphatic heterocycles. The summed E-state index contributed by atoms with van der Waals surface area (Å²) >= 11 is 0. The molecule has 2 aromatic heterocycles. The fourth-order valence-corrected chi connectivity index (χ4v) is 4.56. The molecule has 0 fully saturated rings. The molecule has 2 amide bonds. The molecule has 0 spiro atoms. The second-order valence-electron chi connectivity index (χ2n) is 7.25. The Morgan fingerprint density at radius 1 is 1.15 bits per heavy atom. The number of carbonyl (C=O) groups is 1. The molecule has 3 N–H and O–H groups in total. The van der Waals surface area contributed by atoms with Gasteiger partial charge in [0.15, 0.2) is 0 Å². The molecule has 11 heteroatoms. The SMILES string of the molecule is CCNC(=O)N=[SH](C)(O)Cc1ccnc(Nc2cc(-c3ccc(F)cc3OC)c(F)cn2)c1. The zero-order valence-corrected chi connectivity index (χ0v) is 19.2. The van der Waals surface area contributed by atoms with Gasteiger partial charge in [0.25, 0.3) is 0 Å². The van der Waals surface area contributed by atoms with Crippen molar-refractivity contribution in [2.75, 3.05) is 25.2 Å². The maximum Gasteiger partial charge on any atom is 0.347 e. The number of nitrogens with zero attached hydrogens (tertiary/aromatic N) is 3. The van der Waals surface area contributed by atoms with Gasteiger partial charge in [0, 0.05) is 35.7 Å². The van der Waals surface area contributed by atoms with Crippen molar-refractivity contribution in [3.8, 4) is 16.9 Å². The molecule has 2 heterocycles. The van der Waals surface area contributed by atoms with E-state index in [1.165, 1.54) is 37.6 Å². The molecule has 0 atom stereocenters. The van der Waals surface area contributed by atoms with E-state index in [1.54, 1.807) is 25.3 Å². The summed E-state index contributed by atoms with van der Waals surface area (Å²) in [5, 5.41) is 5.53. The number of urea groups is 1. The fraction of sp³-hybridized carbons (Fsp3) is 0.227. The summed E-state index contributed by atoms with van der Waals surface area (Å²) in [4.78, 5) is 20.0. The van der Waals surface area contributed by atoms with E-state index >= 15 is 0 Å². The molecule has 8 nitrogen and oxygen atoms in total. The lowest BCUT2D eigenvalue weighted by molar-refractivity contribution is 0.250. The van der Waals surface area contributed by atoms with Crippen LogP contribution in [0.3, 0.4) is 0 Å². The van der Waals surface area contributed by atoms with Crippen LogP contribution in [0.2, 0.25) is 0 Å². The Labute approximate surface area is 191 Å². The van der Waals surface area contributed by atoms with Crippen LogP contribution in [0.15, 0.2) is 53.2 Å². The molecule has 0 unspecified atom stereocenters. The van der Waals surface area contributed by atoms with Crippen molar-refractivity contribution in [1.82, 2.24) is 15.3 Å². The van der Waals surface area contributed by atoms with E-state index in [2.05, 4.69) is 25.0 Å². The summed E-state index contributed by atoms with van der Waals surface area (Å²) in [7, 11) is -1.50. The number of benzene rings is 1. The number of halogens is 2. The minimum Gasteiger partial charge on any atom is -0.496 e. The highest BCUT2D eigenvalue weighted by Gasteiger charge is 2.14. The van der Waals surface area contributed by atoms with Gasteiger partial charge in [-0.05, 0) is 49.1 Å². The van der Waals surface area contributed by atoms with Crippen molar-refractivity contribution in [2.24, 2.45) is 4.36 Å². The summed E-state index contributed by atoms with van der Waals surface area (Å²) in [6, 6.07) is 8.13. The number of amides is 2. The maximum atomic E-state index is 14.5. The van der Waals surface area contributed by atoms with Crippen molar-refractivity contribution >= 4 is 27.8 Å². The first kappa shape index (κ1) is 24.2. The zero-order chi connectivity index (χ0) is 24.0. The van der Waals surface area contributed by atoms with Crippen molar-refractivity contribution in [2.45, 2.75) is 12.7 Å². The van der Waals surface area contributed by atoms with E-state index in [9.17, 15) is 18.1 Å². The maximum absolute atomic E-state index is 14.5. The molecule has 3 aromatic rings. The second kappa shape index (κ2) is 10.5. The molecule has 3 rings (SSSR count). The predicted molar refractivity (Wildman–Crippen MR) is 126 cm³/mol. The van der Waals surface area contributed by atoms with Crippen LogP contribution in [0.4, 0.5) is 25.2 Å². The van der Waals surface area contributed by atoms with Crippen LogP contribution < -0.4 is 15.4 Å². The fourth-order valence-electron chi connectivity index (χ4n) is 3.14. The number of hydrogen-bond donors (Lipinski definition) is 4. The quantitative estimate of drug-likeness (QED) is 0.371. The Bertz CT molecular complexity index is 1220. The third-order valence-corrected chi connectivity index (χ3v) is 6.08. The number of nitrogens with one attached hydrogen (secondary N) is 2. The van der Waals surface area contributed by atoms with Crippen LogP contribution >= 0.6 is 0 Å². The average molecular weight is 478 g/mol. The van der Waals surface area contributed by atoms with Crippen LogP contribution in [-0.4, -0.2) is 40.5 Å². The average Bonchev–Trinajstić information content (AvgIpc) is 2.75. The van der Waals surface area contributed by atoms with Gasteiger partial charge in [-0.25, -0.2) is 23.5 Å². The molecule has 1 aromatic carbocycles. The smallest absolute Gasteiger partial charge is 0.347 e. The molecule has 0 saturated carbocycles. The number of hydrogen-bond acceptors (Lipinski definition) is 5. The molecule has 0 bridgehead atoms. The lowest BCUT2D eigenvalue weighted by Gasteiger charge is -2.18. The van der Waals surface area contributed by atoms with Crippen LogP contribution in [0.1, 0.15) is 12.5 Å². The Balaban J connectivity index is 1.85. The monoisotopic (exact) mass is 477 g/mol. The number of rotatable bonds is 7. The van der Waals surface area contributed by atoms with Gasteiger partial charge in [-0.2, -0.15) is 4.36 Å². The van der Waals surface area contributed by atoms with E-state index in [1.807, 2.05) is 0 Å². The molecule has 176 valence electrons. The summed E-state index contributed by atoms with van der Waals surface area (Å²) in [6.45, 7) is 2.19. The van der Waals surface area contributed by atoms with E-state index in [0.717, 1.165) is 6.20 Å². The Morgan fingerprint density at radius 3 is 2.64 bits per heavy atom. The number of pyridine rings is 2. The van der Waals surface area contributed by atoms with Crippen LogP contribution in [0.25, 0.3) is 11.1 Å². The van der Waals surface area contributed by atoms with Crippen molar-refractivity contribution in [3.63, 3.8) is 0 Å². The topological polar surface area (TPSA) is 109 Å². The molecule has 0 aliphatic rings. The molecular weight excluding hydrogens is 452 g/mol. The Hall–Kier alpha value is -3.44. The van der Waals surface area contributed by atoms with Crippen molar-refractivity contribution < 1.29 is 22.9 Å². The number of ether oxygens (including phenoxy) is 1. The predicted octanol–water partition coefficient (Wildman–Crippen LogP) is 4.58. The number of carbonyl (C=O) groups excluding carboxylic acids is 1. The van der Waals surface area contributed by atoms with Gasteiger partial charge < -0.3 is 19.9 Å². The normalized spacial score (nSPS) is 11.6. The molecule has 33 heavy (non-hydrogen) atoms. The first-order valence-electron chi connectivity index (χ1n) is 10.0. The van der Waals surface area contributed by atoms with Gasteiger partial charge >= 0.3 is 6.03 Å². The highest BCUT2D eigenvalue weighted by Crippen LogP contribution is 2.33. The standard InChI is InChI=1S/C22H25F2N5O3S/c1-4-25-22(30)29-33(3,31)13-14-7-8-26-20(9-14)28-21-11-17(18(24)12-27-21)16-6-5-15(23)10-19(16)32-2/h5-12,33H,4,13H2,1-3H3,(H,26,27,28)(H2,25,29,30,31). The molecular formula is C22H25F2N5O3S. The van der Waals surface area contributed by atoms with Gasteiger partial charge in [0.1, 0.15) is 29.0 Å². The highest BCUT2D eigenvalue weighted by molar-refractivity contribution is 7.98. The highest BCUT2D eigenvalue weighted by atomic mass is 32.3. The summed E-state index contributed by atoms with van der Waals surface area (Å²) in [5.74, 6) is -0.0242. The first-order valence-corrected chi connectivity index (χ1v) is 12.3. The summed E-state index contributed by atoms with van der Waals surface area (Å²) in [5.41, 5.74) is 1.26. The largest absolute Gasteiger partial charge is 0.496 e.